The van der Waals surface area contributed by atoms with Crippen LogP contribution in [0.1, 0.15) is 66.2 Å². The summed E-state index contributed by atoms with van der Waals surface area (Å²) in [5.41, 5.74) is 1.57. The molecule has 0 rings (SSSR count). The number of hydrogen-bond donors (Lipinski definition) is 1. The predicted octanol–water partition coefficient (Wildman–Crippen LogP) is 6.43. The quantitative estimate of drug-likeness (QED) is 0.284. The van der Waals surface area contributed by atoms with Gasteiger partial charge in [-0.2, -0.15) is 0 Å². The number of rotatable bonds is 12. The molecule has 0 aliphatic heterocycles. The summed E-state index contributed by atoms with van der Waals surface area (Å²) in [6, 6.07) is 0. The number of hydrogen-bond acceptors (Lipinski definition) is 1. The van der Waals surface area contributed by atoms with Crippen molar-refractivity contribution in [1.29, 1.82) is 0 Å². The van der Waals surface area contributed by atoms with Crippen LogP contribution in [-0.4, -0.2) is 29.6 Å². The van der Waals surface area contributed by atoms with Crippen LogP contribution in [0.2, 0.25) is 13.3 Å². The number of halogens is 1. The Morgan fingerprint density at radius 3 is 1.71 bits per heavy atom. The van der Waals surface area contributed by atoms with Gasteiger partial charge in [0.1, 0.15) is 0 Å². The van der Waals surface area contributed by atoms with E-state index in [1.54, 1.807) is 5.54 Å². The van der Waals surface area contributed by atoms with E-state index in [2.05, 4.69) is 26.8 Å². The van der Waals surface area contributed by atoms with E-state index in [1.165, 1.54) is 55.4 Å². The Bertz CT molecular complexity index is 289. The van der Waals surface area contributed by atoms with Crippen molar-refractivity contribution in [3.63, 3.8) is 0 Å². The Morgan fingerprint density at radius 2 is 1.43 bits per heavy atom. The fourth-order valence-corrected chi connectivity index (χ4v) is 20.6. The van der Waals surface area contributed by atoms with Gasteiger partial charge >= 0.3 is 142 Å². The van der Waals surface area contributed by atoms with Gasteiger partial charge in [-0.25, -0.2) is 0 Å². The van der Waals surface area contributed by atoms with E-state index in [9.17, 15) is 5.11 Å². The van der Waals surface area contributed by atoms with Gasteiger partial charge < -0.3 is 0 Å². The van der Waals surface area contributed by atoms with Crippen molar-refractivity contribution in [3.8, 4) is 0 Å². The molecule has 0 bridgehead atoms. The summed E-state index contributed by atoms with van der Waals surface area (Å²) in [4.78, 5) is 0. The van der Waals surface area contributed by atoms with E-state index >= 15 is 0 Å². The van der Waals surface area contributed by atoms with Gasteiger partial charge in [0.15, 0.2) is 0 Å². The first-order valence-electron chi connectivity index (χ1n) is 8.73. The van der Waals surface area contributed by atoms with Crippen molar-refractivity contribution in [2.45, 2.75) is 85.6 Å². The third-order valence-electron chi connectivity index (χ3n) is 4.44. The van der Waals surface area contributed by atoms with Crippen molar-refractivity contribution in [1.82, 2.24) is 0 Å². The summed E-state index contributed by atoms with van der Waals surface area (Å²) in [7, 11) is 0. The summed E-state index contributed by atoms with van der Waals surface area (Å²) in [5.74, 6) is 0. The average Bonchev–Trinajstić information content (AvgIpc) is 2.48. The molecule has 1 N–H and O–H groups in total. The third kappa shape index (κ3) is 8.08. The Kier molecular flexibility index (Phi) is 13.3. The summed E-state index contributed by atoms with van der Waals surface area (Å²) in [6.07, 6.45) is 11.5. The molecule has 0 saturated heterocycles. The molecule has 1 nitrogen and oxygen atoms in total. The standard InChI is InChI=1S/C6H8ClO.3C4H9.Sn/c1-6(8)4-2-3-5-7;3*1-3-4-2;/h2-3,5-6,8H,1H3;3*1,3-4H2,2H3;/b4-2?,5-3+;;;;. The zero-order chi connectivity index (χ0) is 16.1. The number of aliphatic hydroxyl groups is 1. The van der Waals surface area contributed by atoms with Crippen molar-refractivity contribution in [3.05, 3.63) is 21.3 Å². The van der Waals surface area contributed by atoms with Gasteiger partial charge in [0.25, 0.3) is 0 Å². The summed E-state index contributed by atoms with van der Waals surface area (Å²) >= 11 is 3.26. The van der Waals surface area contributed by atoms with E-state index in [0.29, 0.717) is 0 Å². The first-order chi connectivity index (χ1) is 10.1. The monoisotopic (exact) mass is 422 g/mol. The zero-order valence-electron chi connectivity index (χ0n) is 14.5. The van der Waals surface area contributed by atoms with Gasteiger partial charge in [-0.05, 0) is 0 Å². The minimum atomic E-state index is -2.47. The first-order valence-corrected chi connectivity index (χ1v) is 16.6. The molecule has 3 heteroatoms. The molecule has 0 aromatic rings. The second-order valence-electron chi connectivity index (χ2n) is 6.21. The van der Waals surface area contributed by atoms with Crippen molar-refractivity contribution < 1.29 is 5.11 Å². The van der Waals surface area contributed by atoms with Crippen LogP contribution in [0.4, 0.5) is 0 Å². The number of unbranched alkanes of at least 4 members (excludes halogenated alkanes) is 3. The molecule has 1 atom stereocenters. The van der Waals surface area contributed by atoms with Crippen LogP contribution in [0.5, 0.6) is 0 Å². The topological polar surface area (TPSA) is 20.2 Å². The molecule has 0 heterocycles. The number of aliphatic hydroxyl groups excluding tert-OH is 1. The first kappa shape index (κ1) is 21.5. The Morgan fingerprint density at radius 1 is 1.00 bits per heavy atom. The molecule has 0 aliphatic carbocycles. The second-order valence-corrected chi connectivity index (χ2v) is 19.7. The van der Waals surface area contributed by atoms with Crippen molar-refractivity contribution >= 4 is 30.0 Å². The maximum absolute atomic E-state index is 10.4. The van der Waals surface area contributed by atoms with Crippen LogP contribution in [-0.2, 0) is 0 Å². The van der Waals surface area contributed by atoms with Crippen LogP contribution < -0.4 is 0 Å². The van der Waals surface area contributed by atoms with Crippen molar-refractivity contribution in [2.75, 3.05) is 0 Å². The molecule has 0 aliphatic rings. The molecular weight excluding hydrogens is 386 g/mol. The van der Waals surface area contributed by atoms with Crippen molar-refractivity contribution in [2.24, 2.45) is 0 Å². The Balaban J connectivity index is 5.51. The molecule has 0 amide bonds. The molecule has 0 radical (unpaired) electrons. The Hall–Kier alpha value is 0.529. The molecular formula is C18H35ClOSn. The van der Waals surface area contributed by atoms with Gasteiger partial charge in [0.05, 0.1) is 0 Å². The van der Waals surface area contributed by atoms with Gasteiger partial charge in [-0.3, -0.25) is 0 Å². The molecule has 21 heavy (non-hydrogen) atoms. The summed E-state index contributed by atoms with van der Waals surface area (Å²) in [6.45, 7) is 8.78. The molecule has 124 valence electrons. The average molecular weight is 422 g/mol. The SMILES string of the molecule is CCC[CH2][Sn]([CH2]CCC)([CH2]CCC)/[C](=C\C=C\Cl)C(C)O. The molecule has 0 saturated carbocycles. The zero-order valence-corrected chi connectivity index (χ0v) is 18.1. The van der Waals surface area contributed by atoms with Crippen LogP contribution in [0.25, 0.3) is 0 Å². The van der Waals surface area contributed by atoms with Crippen LogP contribution in [0.3, 0.4) is 0 Å². The maximum atomic E-state index is 10.4. The summed E-state index contributed by atoms with van der Waals surface area (Å²) in [5, 5.41) is 10.4. The summed E-state index contributed by atoms with van der Waals surface area (Å²) < 4.78 is 5.55. The molecule has 1 unspecified atom stereocenters. The van der Waals surface area contributed by atoms with E-state index in [-0.39, 0.29) is 6.10 Å². The van der Waals surface area contributed by atoms with Gasteiger partial charge in [0, 0.05) is 0 Å². The normalized spacial score (nSPS) is 14.9. The van der Waals surface area contributed by atoms with E-state index in [1.807, 2.05) is 13.0 Å². The second kappa shape index (κ2) is 13.0. The van der Waals surface area contributed by atoms with Gasteiger partial charge in [-0.1, -0.05) is 0 Å². The van der Waals surface area contributed by atoms with E-state index < -0.39 is 18.4 Å². The molecule has 0 spiro atoms. The third-order valence-corrected chi connectivity index (χ3v) is 21.0. The van der Waals surface area contributed by atoms with Crippen LogP contribution in [0, 0.1) is 0 Å². The molecule has 0 aromatic carbocycles. The predicted molar refractivity (Wildman–Crippen MR) is 99.7 cm³/mol. The molecule has 0 fully saturated rings. The van der Waals surface area contributed by atoms with E-state index in [0.717, 1.165) is 0 Å². The van der Waals surface area contributed by atoms with Crippen LogP contribution >= 0.6 is 11.6 Å². The molecule has 0 aromatic heterocycles. The fourth-order valence-electron chi connectivity index (χ4n) is 3.25. The number of allylic oxidation sites excluding steroid dienone is 2. The van der Waals surface area contributed by atoms with Crippen LogP contribution in [0.15, 0.2) is 21.3 Å². The van der Waals surface area contributed by atoms with E-state index in [4.69, 9.17) is 11.6 Å². The van der Waals surface area contributed by atoms with Gasteiger partial charge in [0.2, 0.25) is 0 Å². The fraction of sp³-hybridized carbons (Fsp3) is 0.778. The van der Waals surface area contributed by atoms with Gasteiger partial charge in [-0.15, -0.1) is 0 Å². The minimum absolute atomic E-state index is 0.306. The Labute approximate surface area is 141 Å².